The van der Waals surface area contributed by atoms with Crippen molar-refractivity contribution in [3.05, 3.63) is 41.5 Å². The molecule has 7 heteroatoms. The van der Waals surface area contributed by atoms with Crippen LogP contribution in [0.25, 0.3) is 0 Å². The van der Waals surface area contributed by atoms with E-state index in [1.165, 1.54) is 5.57 Å². The number of allylic oxidation sites excluding steroid dienone is 1. The molecule has 2 spiro atoms. The molecule has 1 saturated carbocycles. The number of piperazine rings is 1. The molecule has 5 rings (SSSR count). The van der Waals surface area contributed by atoms with Crippen molar-refractivity contribution in [1.82, 2.24) is 9.80 Å². The van der Waals surface area contributed by atoms with Gasteiger partial charge in [0.05, 0.1) is 13.2 Å². The van der Waals surface area contributed by atoms with Gasteiger partial charge in [-0.25, -0.2) is 0 Å². The van der Waals surface area contributed by atoms with Crippen LogP contribution < -0.4 is 4.74 Å². The Morgan fingerprint density at radius 1 is 1.18 bits per heavy atom. The zero-order valence-corrected chi connectivity index (χ0v) is 20.0. The van der Waals surface area contributed by atoms with Crippen LogP contribution in [-0.4, -0.2) is 77.6 Å². The van der Waals surface area contributed by atoms with Crippen LogP contribution in [0, 0.1) is 0 Å². The number of carbonyl (C=O) groups is 1. The highest BCUT2D eigenvalue weighted by Gasteiger charge is 2.60. The van der Waals surface area contributed by atoms with Crippen LogP contribution in [0.1, 0.15) is 57.6 Å². The standard InChI is InChI=1S/C26H36N2O5/c1-18(2)8-13-31-21-6-4-19(5-7-21)23(29)22-24(30)27(3)20-16-25(28(22)17-20)9-11-26(12-10-25)32-14-15-33-26/h4-8,20,22-23,29H,9-17H2,1-3H3/t20-,22+,23?/m1/s1. The van der Waals surface area contributed by atoms with E-state index in [1.807, 2.05) is 56.1 Å². The highest BCUT2D eigenvalue weighted by atomic mass is 16.7. The van der Waals surface area contributed by atoms with Gasteiger partial charge >= 0.3 is 0 Å². The maximum Gasteiger partial charge on any atom is 0.243 e. The van der Waals surface area contributed by atoms with E-state index < -0.39 is 17.9 Å². The Morgan fingerprint density at radius 2 is 1.85 bits per heavy atom. The first-order chi connectivity index (χ1) is 15.8. The first-order valence-corrected chi connectivity index (χ1v) is 12.2. The lowest BCUT2D eigenvalue weighted by molar-refractivity contribution is -0.195. The molecule has 4 fully saturated rings. The van der Waals surface area contributed by atoms with Crippen LogP contribution in [0.5, 0.6) is 5.75 Å². The summed E-state index contributed by atoms with van der Waals surface area (Å²) < 4.78 is 17.7. The maximum atomic E-state index is 13.4. The van der Waals surface area contributed by atoms with Gasteiger partial charge in [-0.1, -0.05) is 17.7 Å². The van der Waals surface area contributed by atoms with Gasteiger partial charge in [-0.2, -0.15) is 0 Å². The summed E-state index contributed by atoms with van der Waals surface area (Å²) in [7, 11) is 1.89. The van der Waals surface area contributed by atoms with Crippen molar-refractivity contribution in [2.45, 2.75) is 75.5 Å². The number of fused-ring (bicyclic) bond motifs is 3. The summed E-state index contributed by atoms with van der Waals surface area (Å²) in [5, 5.41) is 11.4. The number of likely N-dealkylation sites (N-methyl/N-ethyl adjacent to an activating group) is 1. The van der Waals surface area contributed by atoms with Gasteiger partial charge in [-0.05, 0) is 56.9 Å². The molecule has 7 nitrogen and oxygen atoms in total. The van der Waals surface area contributed by atoms with Gasteiger partial charge in [0, 0.05) is 38.0 Å². The topological polar surface area (TPSA) is 71.5 Å². The lowest BCUT2D eigenvalue weighted by atomic mass is 9.76. The summed E-state index contributed by atoms with van der Waals surface area (Å²) >= 11 is 0. The zero-order valence-electron chi connectivity index (χ0n) is 20.0. The molecule has 3 saturated heterocycles. The fraction of sp³-hybridized carbons (Fsp3) is 0.654. The summed E-state index contributed by atoms with van der Waals surface area (Å²) in [6, 6.07) is 7.12. The third-order valence-electron chi connectivity index (χ3n) is 8.13. The molecule has 180 valence electrons. The quantitative estimate of drug-likeness (QED) is 0.687. The minimum Gasteiger partial charge on any atom is -0.490 e. The smallest absolute Gasteiger partial charge is 0.243 e. The van der Waals surface area contributed by atoms with E-state index in [9.17, 15) is 9.90 Å². The second-order valence-corrected chi connectivity index (χ2v) is 10.3. The van der Waals surface area contributed by atoms with E-state index in [1.54, 1.807) is 0 Å². The average Bonchev–Trinajstić information content (AvgIpc) is 3.39. The molecule has 3 aliphatic heterocycles. The van der Waals surface area contributed by atoms with E-state index in [-0.39, 0.29) is 17.5 Å². The molecule has 2 unspecified atom stereocenters. The van der Waals surface area contributed by atoms with E-state index in [0.29, 0.717) is 19.8 Å². The van der Waals surface area contributed by atoms with Crippen LogP contribution in [-0.2, 0) is 14.3 Å². The molecule has 1 aromatic rings. The number of aliphatic hydroxyl groups is 1. The fourth-order valence-electron chi connectivity index (χ4n) is 6.16. The number of amides is 1. The number of aliphatic hydroxyl groups excluding tert-OH is 1. The predicted octanol–water partition coefficient (Wildman–Crippen LogP) is 3.04. The minimum absolute atomic E-state index is 0.00756. The molecule has 4 atom stereocenters. The molecule has 1 aromatic carbocycles. The molecule has 0 aromatic heterocycles. The molecule has 2 bridgehead atoms. The SMILES string of the molecule is CC(C)=CCOc1ccc(C(O)[C@H]2C(=O)N(C)[C@H]3CN2C2(CCC4(CC2)OCCO4)C3)cc1. The van der Waals surface area contributed by atoms with Gasteiger partial charge in [-0.3, -0.25) is 9.69 Å². The third-order valence-corrected chi connectivity index (χ3v) is 8.13. The number of hydrogen-bond acceptors (Lipinski definition) is 6. The van der Waals surface area contributed by atoms with Gasteiger partial charge in [0.25, 0.3) is 0 Å². The Labute approximate surface area is 196 Å². The van der Waals surface area contributed by atoms with Crippen LogP contribution >= 0.6 is 0 Å². The lowest BCUT2D eigenvalue weighted by Gasteiger charge is -2.49. The van der Waals surface area contributed by atoms with Crippen molar-refractivity contribution in [3.8, 4) is 5.75 Å². The number of hydrogen-bond donors (Lipinski definition) is 1. The van der Waals surface area contributed by atoms with Gasteiger partial charge in [0.2, 0.25) is 5.91 Å². The van der Waals surface area contributed by atoms with Crippen molar-refractivity contribution in [2.75, 3.05) is 33.4 Å². The van der Waals surface area contributed by atoms with Gasteiger partial charge < -0.3 is 24.2 Å². The van der Waals surface area contributed by atoms with Crippen molar-refractivity contribution in [2.24, 2.45) is 0 Å². The maximum absolute atomic E-state index is 13.4. The van der Waals surface area contributed by atoms with Gasteiger partial charge in [0.1, 0.15) is 24.5 Å². The number of carbonyl (C=O) groups excluding carboxylic acids is 1. The molecule has 1 aliphatic carbocycles. The van der Waals surface area contributed by atoms with Gasteiger partial charge in [0.15, 0.2) is 5.79 Å². The Kier molecular flexibility index (Phi) is 6.02. The Hall–Kier alpha value is -1.93. The predicted molar refractivity (Wildman–Crippen MR) is 124 cm³/mol. The van der Waals surface area contributed by atoms with Crippen molar-refractivity contribution < 1.29 is 24.1 Å². The number of ether oxygens (including phenoxy) is 3. The first-order valence-electron chi connectivity index (χ1n) is 12.2. The second kappa shape index (κ2) is 8.69. The van der Waals surface area contributed by atoms with E-state index in [0.717, 1.165) is 50.0 Å². The van der Waals surface area contributed by atoms with Crippen LogP contribution in [0.2, 0.25) is 0 Å². The summed E-state index contributed by atoms with van der Waals surface area (Å²) in [6.07, 6.45) is 5.61. The van der Waals surface area contributed by atoms with Crippen LogP contribution in [0.4, 0.5) is 0 Å². The molecule has 0 radical (unpaired) electrons. The summed E-state index contributed by atoms with van der Waals surface area (Å²) in [5.74, 6) is 0.324. The first kappa shape index (κ1) is 22.8. The highest BCUT2D eigenvalue weighted by Crippen LogP contribution is 2.51. The Morgan fingerprint density at radius 3 is 2.48 bits per heavy atom. The van der Waals surface area contributed by atoms with E-state index >= 15 is 0 Å². The normalized spacial score (nSPS) is 30.6. The Bertz CT molecular complexity index is 894. The summed E-state index contributed by atoms with van der Waals surface area (Å²) in [5.41, 5.74) is 1.86. The van der Waals surface area contributed by atoms with Crippen molar-refractivity contribution in [1.29, 1.82) is 0 Å². The average molecular weight is 457 g/mol. The number of nitrogens with zero attached hydrogens (tertiary/aromatic N) is 2. The molecule has 33 heavy (non-hydrogen) atoms. The monoisotopic (exact) mass is 456 g/mol. The third kappa shape index (κ3) is 4.09. The van der Waals surface area contributed by atoms with Gasteiger partial charge in [-0.15, -0.1) is 0 Å². The fourth-order valence-corrected chi connectivity index (χ4v) is 6.16. The number of benzene rings is 1. The summed E-state index contributed by atoms with van der Waals surface area (Å²) in [6.45, 7) is 6.73. The van der Waals surface area contributed by atoms with Crippen LogP contribution in [0.3, 0.4) is 0 Å². The molecule has 1 amide bonds. The molecular weight excluding hydrogens is 420 g/mol. The molecule has 3 heterocycles. The number of rotatable bonds is 5. The second-order valence-electron chi connectivity index (χ2n) is 10.3. The molecule has 4 aliphatic rings. The minimum atomic E-state index is -0.891. The van der Waals surface area contributed by atoms with Crippen molar-refractivity contribution in [3.63, 3.8) is 0 Å². The van der Waals surface area contributed by atoms with E-state index in [4.69, 9.17) is 14.2 Å². The zero-order chi connectivity index (χ0) is 23.2. The van der Waals surface area contributed by atoms with Crippen molar-refractivity contribution >= 4 is 5.91 Å². The largest absolute Gasteiger partial charge is 0.490 e. The van der Waals surface area contributed by atoms with E-state index in [2.05, 4.69) is 4.90 Å². The van der Waals surface area contributed by atoms with Crippen LogP contribution in [0.15, 0.2) is 35.9 Å². The summed E-state index contributed by atoms with van der Waals surface area (Å²) in [4.78, 5) is 17.6. The Balaban J connectivity index is 1.34. The molecular formula is C26H36N2O5. The molecule has 1 N–H and O–H groups in total. The lowest BCUT2D eigenvalue weighted by Crippen LogP contribution is -2.62. The highest BCUT2D eigenvalue weighted by molar-refractivity contribution is 5.84.